The van der Waals surface area contributed by atoms with Gasteiger partial charge in [-0.2, -0.15) is 0 Å². The van der Waals surface area contributed by atoms with Gasteiger partial charge < -0.3 is 10.3 Å². The number of imidazole rings is 1. The Morgan fingerprint density at radius 2 is 2.26 bits per heavy atom. The third-order valence-corrected chi connectivity index (χ3v) is 4.14. The van der Waals surface area contributed by atoms with Gasteiger partial charge in [0.1, 0.15) is 11.6 Å². The van der Waals surface area contributed by atoms with Crippen LogP contribution < -0.4 is 5.73 Å². The van der Waals surface area contributed by atoms with Crippen molar-refractivity contribution in [3.63, 3.8) is 0 Å². The lowest BCUT2D eigenvalue weighted by Crippen LogP contribution is -2.28. The van der Waals surface area contributed by atoms with E-state index in [4.69, 9.17) is 5.73 Å². The molecule has 4 heteroatoms. The number of halogens is 1. The average Bonchev–Trinajstić information content (AvgIpc) is 2.76. The average molecular weight is 261 g/mol. The SMILES string of the molecule is CCn1c(C2CCCC(N)C2)nc2cc(F)ccc21. The summed E-state index contributed by atoms with van der Waals surface area (Å²) >= 11 is 0. The van der Waals surface area contributed by atoms with Crippen molar-refractivity contribution in [2.24, 2.45) is 5.73 Å². The smallest absolute Gasteiger partial charge is 0.125 e. The fourth-order valence-electron chi connectivity index (χ4n) is 3.23. The zero-order chi connectivity index (χ0) is 13.4. The summed E-state index contributed by atoms with van der Waals surface area (Å²) in [6.07, 6.45) is 4.40. The van der Waals surface area contributed by atoms with E-state index < -0.39 is 0 Å². The zero-order valence-corrected chi connectivity index (χ0v) is 11.3. The Kier molecular flexibility index (Phi) is 3.27. The van der Waals surface area contributed by atoms with Crippen molar-refractivity contribution in [1.82, 2.24) is 9.55 Å². The summed E-state index contributed by atoms with van der Waals surface area (Å²) in [7, 11) is 0. The fourth-order valence-corrected chi connectivity index (χ4v) is 3.23. The molecule has 2 atom stereocenters. The summed E-state index contributed by atoms with van der Waals surface area (Å²) in [5.41, 5.74) is 7.86. The van der Waals surface area contributed by atoms with E-state index in [1.807, 2.05) is 6.07 Å². The molecule has 1 aliphatic carbocycles. The lowest BCUT2D eigenvalue weighted by Gasteiger charge is -2.26. The molecule has 102 valence electrons. The van der Waals surface area contributed by atoms with Gasteiger partial charge in [-0.3, -0.25) is 0 Å². The minimum Gasteiger partial charge on any atom is -0.328 e. The Bertz CT molecular complexity index is 590. The molecule has 2 N–H and O–H groups in total. The molecule has 0 amide bonds. The number of benzene rings is 1. The lowest BCUT2D eigenvalue weighted by molar-refractivity contribution is 0.375. The van der Waals surface area contributed by atoms with Gasteiger partial charge in [0.25, 0.3) is 0 Å². The van der Waals surface area contributed by atoms with Gasteiger partial charge in [-0.25, -0.2) is 9.37 Å². The van der Waals surface area contributed by atoms with E-state index in [9.17, 15) is 4.39 Å². The van der Waals surface area contributed by atoms with Gasteiger partial charge in [0.15, 0.2) is 0 Å². The summed E-state index contributed by atoms with van der Waals surface area (Å²) in [6.45, 7) is 2.97. The molecular formula is C15H20FN3. The molecule has 3 nitrogen and oxygen atoms in total. The molecule has 1 fully saturated rings. The van der Waals surface area contributed by atoms with Crippen LogP contribution in [0.25, 0.3) is 11.0 Å². The van der Waals surface area contributed by atoms with Crippen LogP contribution in [0.4, 0.5) is 4.39 Å². The highest BCUT2D eigenvalue weighted by Crippen LogP contribution is 2.33. The molecule has 3 rings (SSSR count). The molecule has 2 unspecified atom stereocenters. The fraction of sp³-hybridized carbons (Fsp3) is 0.533. The molecule has 0 radical (unpaired) electrons. The maximum atomic E-state index is 13.3. The van der Waals surface area contributed by atoms with Crippen LogP contribution in [-0.2, 0) is 6.54 Å². The molecular weight excluding hydrogens is 241 g/mol. The molecule has 1 saturated carbocycles. The quantitative estimate of drug-likeness (QED) is 0.902. The summed E-state index contributed by atoms with van der Waals surface area (Å²) < 4.78 is 15.5. The number of rotatable bonds is 2. The molecule has 0 spiro atoms. The molecule has 1 aromatic carbocycles. The van der Waals surface area contributed by atoms with Gasteiger partial charge in [-0.15, -0.1) is 0 Å². The summed E-state index contributed by atoms with van der Waals surface area (Å²) in [5.74, 6) is 1.28. The maximum absolute atomic E-state index is 13.3. The van der Waals surface area contributed by atoms with Gasteiger partial charge in [0.05, 0.1) is 11.0 Å². The highest BCUT2D eigenvalue weighted by molar-refractivity contribution is 5.76. The van der Waals surface area contributed by atoms with Crippen LogP contribution >= 0.6 is 0 Å². The van der Waals surface area contributed by atoms with Gasteiger partial charge in [0, 0.05) is 24.6 Å². The van der Waals surface area contributed by atoms with Gasteiger partial charge in [-0.05, 0) is 38.3 Å². The molecule has 0 bridgehead atoms. The predicted molar refractivity (Wildman–Crippen MR) is 74.5 cm³/mol. The van der Waals surface area contributed by atoms with Gasteiger partial charge >= 0.3 is 0 Å². The zero-order valence-electron chi connectivity index (χ0n) is 11.3. The summed E-state index contributed by atoms with van der Waals surface area (Å²) in [4.78, 5) is 4.67. The third kappa shape index (κ3) is 2.25. The van der Waals surface area contributed by atoms with Crippen LogP contribution in [0.1, 0.15) is 44.3 Å². The highest BCUT2D eigenvalue weighted by atomic mass is 19.1. The Morgan fingerprint density at radius 1 is 1.42 bits per heavy atom. The Balaban J connectivity index is 2.06. The monoisotopic (exact) mass is 261 g/mol. The van der Waals surface area contributed by atoms with Crippen LogP contribution in [0, 0.1) is 5.82 Å². The number of hydrogen-bond acceptors (Lipinski definition) is 2. The van der Waals surface area contributed by atoms with E-state index in [0.29, 0.717) is 5.92 Å². The largest absolute Gasteiger partial charge is 0.328 e. The highest BCUT2D eigenvalue weighted by Gasteiger charge is 2.25. The third-order valence-electron chi connectivity index (χ3n) is 4.14. The number of hydrogen-bond donors (Lipinski definition) is 1. The Labute approximate surface area is 112 Å². The van der Waals surface area contributed by atoms with E-state index in [-0.39, 0.29) is 11.9 Å². The normalized spacial score (nSPS) is 23.9. The Morgan fingerprint density at radius 3 is 3.00 bits per heavy atom. The number of fused-ring (bicyclic) bond motifs is 1. The first-order valence-corrected chi connectivity index (χ1v) is 7.10. The van der Waals surface area contributed by atoms with E-state index in [2.05, 4.69) is 16.5 Å². The second-order valence-electron chi connectivity index (χ2n) is 5.47. The minimum atomic E-state index is -0.222. The van der Waals surface area contributed by atoms with Crippen molar-refractivity contribution < 1.29 is 4.39 Å². The van der Waals surface area contributed by atoms with Crippen molar-refractivity contribution in [2.45, 2.75) is 51.1 Å². The summed E-state index contributed by atoms with van der Waals surface area (Å²) in [6, 6.07) is 5.13. The number of aryl methyl sites for hydroxylation is 1. The first-order chi connectivity index (χ1) is 9.19. The summed E-state index contributed by atoms with van der Waals surface area (Å²) in [5, 5.41) is 0. The number of nitrogens with zero attached hydrogens (tertiary/aromatic N) is 2. The predicted octanol–water partition coefficient (Wildman–Crippen LogP) is 3.18. The van der Waals surface area contributed by atoms with Crippen molar-refractivity contribution in [3.05, 3.63) is 29.8 Å². The van der Waals surface area contributed by atoms with E-state index in [1.54, 1.807) is 0 Å². The molecule has 1 heterocycles. The number of aromatic nitrogens is 2. The Hall–Kier alpha value is -1.42. The lowest BCUT2D eigenvalue weighted by atomic mass is 9.85. The molecule has 1 aliphatic rings. The minimum absolute atomic E-state index is 0.222. The topological polar surface area (TPSA) is 43.8 Å². The molecule has 1 aromatic heterocycles. The standard InChI is InChI=1S/C15H20FN3/c1-2-19-14-7-6-11(16)9-13(14)18-15(19)10-4-3-5-12(17)8-10/h6-7,9-10,12H,2-5,8,17H2,1H3. The second kappa shape index (κ2) is 4.93. The molecule has 2 aromatic rings. The van der Waals surface area contributed by atoms with E-state index in [0.717, 1.165) is 49.1 Å². The van der Waals surface area contributed by atoms with Crippen LogP contribution in [0.15, 0.2) is 18.2 Å². The van der Waals surface area contributed by atoms with Crippen molar-refractivity contribution in [2.75, 3.05) is 0 Å². The number of nitrogens with two attached hydrogens (primary N) is 1. The van der Waals surface area contributed by atoms with Crippen molar-refractivity contribution >= 4 is 11.0 Å². The van der Waals surface area contributed by atoms with Gasteiger partial charge in [0.2, 0.25) is 0 Å². The molecule has 0 saturated heterocycles. The maximum Gasteiger partial charge on any atom is 0.125 e. The van der Waals surface area contributed by atoms with E-state index >= 15 is 0 Å². The van der Waals surface area contributed by atoms with Crippen LogP contribution in [0.5, 0.6) is 0 Å². The van der Waals surface area contributed by atoms with Crippen molar-refractivity contribution in [1.29, 1.82) is 0 Å². The second-order valence-corrected chi connectivity index (χ2v) is 5.47. The van der Waals surface area contributed by atoms with Crippen LogP contribution in [0.3, 0.4) is 0 Å². The first kappa shape index (κ1) is 12.6. The first-order valence-electron chi connectivity index (χ1n) is 7.10. The van der Waals surface area contributed by atoms with Crippen molar-refractivity contribution in [3.8, 4) is 0 Å². The van der Waals surface area contributed by atoms with Crippen LogP contribution in [-0.4, -0.2) is 15.6 Å². The van der Waals surface area contributed by atoms with E-state index in [1.165, 1.54) is 12.1 Å². The molecule has 0 aliphatic heterocycles. The van der Waals surface area contributed by atoms with Gasteiger partial charge in [-0.1, -0.05) is 6.42 Å². The van der Waals surface area contributed by atoms with Crippen LogP contribution in [0.2, 0.25) is 0 Å². The molecule has 19 heavy (non-hydrogen) atoms.